The molecule has 0 saturated carbocycles. The Morgan fingerprint density at radius 1 is 1.50 bits per heavy atom. The highest BCUT2D eigenvalue weighted by atomic mass is 16.5. The van der Waals surface area contributed by atoms with Gasteiger partial charge < -0.3 is 14.9 Å². The summed E-state index contributed by atoms with van der Waals surface area (Å²) >= 11 is 0. The molecule has 6 heteroatoms. The van der Waals surface area contributed by atoms with Crippen molar-refractivity contribution in [1.82, 2.24) is 5.32 Å². The average Bonchev–Trinajstić information content (AvgIpc) is 2.12. The number of carboxylic acids is 1. The first-order valence-corrected chi connectivity index (χ1v) is 4.34. The molecular weight excluding hydrogens is 190 g/mol. The minimum atomic E-state index is -1.06. The Balaban J connectivity index is 3.99. The molecule has 0 aromatic heterocycles. The minimum absolute atomic E-state index is 0.145. The van der Waals surface area contributed by atoms with E-state index in [2.05, 4.69) is 10.1 Å². The Morgan fingerprint density at radius 3 is 2.57 bits per heavy atom. The van der Waals surface area contributed by atoms with Gasteiger partial charge in [-0.25, -0.2) is 0 Å². The number of rotatable bonds is 7. The van der Waals surface area contributed by atoms with Crippen LogP contribution in [0.15, 0.2) is 0 Å². The Kier molecular flexibility index (Phi) is 6.69. The molecule has 0 bridgehead atoms. The van der Waals surface area contributed by atoms with Gasteiger partial charge in [0.05, 0.1) is 13.2 Å². The molecule has 0 spiro atoms. The third-order valence-corrected chi connectivity index (χ3v) is 1.49. The van der Waals surface area contributed by atoms with E-state index in [-0.39, 0.29) is 26.2 Å². The first-order chi connectivity index (χ1) is 6.61. The van der Waals surface area contributed by atoms with Crippen LogP contribution in [-0.4, -0.2) is 48.0 Å². The van der Waals surface area contributed by atoms with Crippen LogP contribution < -0.4 is 5.32 Å². The summed E-state index contributed by atoms with van der Waals surface area (Å²) in [7, 11) is 0. The summed E-state index contributed by atoms with van der Waals surface area (Å²) < 4.78 is 4.68. The molecular formula is C8H15NO5. The molecule has 0 aromatic rings. The molecule has 0 aliphatic rings. The van der Waals surface area contributed by atoms with Gasteiger partial charge in [-0.2, -0.15) is 0 Å². The lowest BCUT2D eigenvalue weighted by Crippen LogP contribution is -2.41. The average molecular weight is 205 g/mol. The van der Waals surface area contributed by atoms with Gasteiger partial charge in [0.15, 0.2) is 0 Å². The highest BCUT2D eigenvalue weighted by Crippen LogP contribution is 1.94. The number of aliphatic hydroxyl groups is 1. The summed E-state index contributed by atoms with van der Waals surface area (Å²) in [5.74, 6) is -1.60. The lowest BCUT2D eigenvalue weighted by atomic mass is 10.2. The molecule has 0 fully saturated rings. The van der Waals surface area contributed by atoms with E-state index in [1.807, 2.05) is 0 Å². The van der Waals surface area contributed by atoms with E-state index < -0.39 is 18.0 Å². The molecule has 14 heavy (non-hydrogen) atoms. The zero-order valence-electron chi connectivity index (χ0n) is 8.02. The van der Waals surface area contributed by atoms with Crippen molar-refractivity contribution in [2.75, 3.05) is 19.8 Å². The van der Waals surface area contributed by atoms with Crippen LogP contribution in [0.3, 0.4) is 0 Å². The number of carbonyl (C=O) groups is 2. The second-order valence-electron chi connectivity index (χ2n) is 2.59. The number of carboxylic acid groups (broad SMARTS) is 1. The molecule has 0 radical (unpaired) electrons. The number of ether oxygens (including phenoxy) is 1. The number of hydrogen-bond donors (Lipinski definition) is 3. The summed E-state index contributed by atoms with van der Waals surface area (Å²) in [4.78, 5) is 21.4. The van der Waals surface area contributed by atoms with Gasteiger partial charge in [0.1, 0.15) is 6.04 Å². The van der Waals surface area contributed by atoms with Crippen LogP contribution in [0.4, 0.5) is 0 Å². The van der Waals surface area contributed by atoms with Gasteiger partial charge in [0.25, 0.3) is 0 Å². The third-order valence-electron chi connectivity index (χ3n) is 1.49. The topological polar surface area (TPSA) is 95.9 Å². The molecule has 0 aliphatic heterocycles. The summed E-state index contributed by atoms with van der Waals surface area (Å²) in [6, 6.07) is -0.754. The van der Waals surface area contributed by atoms with Crippen LogP contribution in [0.5, 0.6) is 0 Å². The maximum Gasteiger partial charge on any atom is 0.323 e. The van der Waals surface area contributed by atoms with Crippen molar-refractivity contribution in [2.24, 2.45) is 0 Å². The highest BCUT2D eigenvalue weighted by Gasteiger charge is 2.19. The second kappa shape index (κ2) is 7.28. The fraction of sp³-hybridized carbons (Fsp3) is 0.750. The standard InChI is InChI=1S/C8H15NO5/c1-2-14-8(13)6(3-4-10)9-5-7(11)12/h6,9-10H,2-5H2,1H3,(H,11,12). The molecule has 6 nitrogen and oxygen atoms in total. The number of carbonyl (C=O) groups excluding carboxylic acids is 1. The first kappa shape index (κ1) is 12.9. The van der Waals surface area contributed by atoms with E-state index >= 15 is 0 Å². The van der Waals surface area contributed by atoms with Crippen molar-refractivity contribution < 1.29 is 24.5 Å². The third kappa shape index (κ3) is 5.50. The first-order valence-electron chi connectivity index (χ1n) is 4.34. The van der Waals surface area contributed by atoms with Gasteiger partial charge in [0.2, 0.25) is 0 Å². The van der Waals surface area contributed by atoms with Crippen LogP contribution in [-0.2, 0) is 14.3 Å². The zero-order chi connectivity index (χ0) is 11.0. The number of esters is 1. The summed E-state index contributed by atoms with van der Waals surface area (Å²) in [5.41, 5.74) is 0. The molecule has 0 saturated heterocycles. The van der Waals surface area contributed by atoms with Crippen LogP contribution in [0.25, 0.3) is 0 Å². The molecule has 0 amide bonds. The number of nitrogens with one attached hydrogen (secondary N) is 1. The van der Waals surface area contributed by atoms with Gasteiger partial charge in [-0.05, 0) is 13.3 Å². The fourth-order valence-corrected chi connectivity index (χ4v) is 0.886. The Hall–Kier alpha value is -1.14. The van der Waals surface area contributed by atoms with Crippen molar-refractivity contribution in [1.29, 1.82) is 0 Å². The highest BCUT2D eigenvalue weighted by molar-refractivity contribution is 5.77. The van der Waals surface area contributed by atoms with Crippen LogP contribution in [0.2, 0.25) is 0 Å². The van der Waals surface area contributed by atoms with Gasteiger partial charge >= 0.3 is 11.9 Å². The van der Waals surface area contributed by atoms with E-state index in [4.69, 9.17) is 10.2 Å². The van der Waals surface area contributed by atoms with Crippen LogP contribution >= 0.6 is 0 Å². The normalized spacial score (nSPS) is 12.1. The maximum atomic E-state index is 11.2. The number of hydrogen-bond acceptors (Lipinski definition) is 5. The smallest absolute Gasteiger partial charge is 0.323 e. The monoisotopic (exact) mass is 205 g/mol. The van der Waals surface area contributed by atoms with Crippen molar-refractivity contribution in [3.8, 4) is 0 Å². The Bertz CT molecular complexity index is 194. The molecule has 3 N–H and O–H groups in total. The molecule has 82 valence electrons. The van der Waals surface area contributed by atoms with Crippen molar-refractivity contribution in [3.63, 3.8) is 0 Å². The van der Waals surface area contributed by atoms with Crippen molar-refractivity contribution in [2.45, 2.75) is 19.4 Å². The van der Waals surface area contributed by atoms with Crippen LogP contribution in [0, 0.1) is 0 Å². The number of aliphatic hydroxyl groups excluding tert-OH is 1. The summed E-state index contributed by atoms with van der Waals surface area (Å²) in [6.45, 7) is 1.36. The molecule has 0 aliphatic carbocycles. The SMILES string of the molecule is CCOC(=O)C(CCO)NCC(=O)O. The Morgan fingerprint density at radius 2 is 2.14 bits per heavy atom. The van der Waals surface area contributed by atoms with E-state index in [1.54, 1.807) is 6.92 Å². The van der Waals surface area contributed by atoms with Crippen molar-refractivity contribution >= 4 is 11.9 Å². The second-order valence-corrected chi connectivity index (χ2v) is 2.59. The molecule has 0 rings (SSSR count). The number of aliphatic carboxylic acids is 1. The van der Waals surface area contributed by atoms with E-state index in [0.29, 0.717) is 0 Å². The van der Waals surface area contributed by atoms with Gasteiger partial charge in [-0.15, -0.1) is 0 Å². The molecule has 1 atom stereocenters. The van der Waals surface area contributed by atoms with Gasteiger partial charge in [-0.1, -0.05) is 0 Å². The maximum absolute atomic E-state index is 11.2. The molecule has 1 unspecified atom stereocenters. The van der Waals surface area contributed by atoms with Crippen LogP contribution in [0.1, 0.15) is 13.3 Å². The van der Waals surface area contributed by atoms with E-state index in [9.17, 15) is 9.59 Å². The lowest BCUT2D eigenvalue weighted by molar-refractivity contribution is -0.146. The van der Waals surface area contributed by atoms with Gasteiger partial charge in [-0.3, -0.25) is 14.9 Å². The molecule has 0 aromatic carbocycles. The molecule has 0 heterocycles. The van der Waals surface area contributed by atoms with E-state index in [0.717, 1.165) is 0 Å². The van der Waals surface area contributed by atoms with Crippen molar-refractivity contribution in [3.05, 3.63) is 0 Å². The zero-order valence-corrected chi connectivity index (χ0v) is 8.02. The fourth-order valence-electron chi connectivity index (χ4n) is 0.886. The minimum Gasteiger partial charge on any atom is -0.480 e. The van der Waals surface area contributed by atoms with Gasteiger partial charge in [0, 0.05) is 6.61 Å². The predicted octanol–water partition coefficient (Wildman–Crippen LogP) is -1.03. The predicted molar refractivity (Wildman–Crippen MR) is 47.8 cm³/mol. The largest absolute Gasteiger partial charge is 0.480 e. The Labute approximate surface area is 81.9 Å². The summed E-state index contributed by atoms with van der Waals surface area (Å²) in [6.07, 6.45) is 0.145. The van der Waals surface area contributed by atoms with E-state index in [1.165, 1.54) is 0 Å². The lowest BCUT2D eigenvalue weighted by Gasteiger charge is -2.14. The summed E-state index contributed by atoms with van der Waals surface area (Å²) in [5, 5.41) is 19.5. The quantitative estimate of drug-likeness (QED) is 0.460.